The molecule has 2 aromatic carbocycles. The second-order valence-corrected chi connectivity index (χ2v) is 8.48. The molecule has 0 bridgehead atoms. The average Bonchev–Trinajstić information content (AvgIpc) is 3.18. The predicted octanol–water partition coefficient (Wildman–Crippen LogP) is 3.80. The molecule has 5 rings (SSSR count). The second kappa shape index (κ2) is 6.97. The molecule has 0 unspecified atom stereocenters. The SMILES string of the molecule is C[C@@H]1CCCC[C@]12NC(=O)N(CC(=O)OC1c3ccccc3-c3ccccc31)C2=O. The van der Waals surface area contributed by atoms with E-state index in [0.717, 1.165) is 46.4 Å². The van der Waals surface area contributed by atoms with Crippen LogP contribution >= 0.6 is 0 Å². The van der Waals surface area contributed by atoms with Gasteiger partial charge >= 0.3 is 12.0 Å². The Balaban J connectivity index is 1.36. The maximum atomic E-state index is 13.1. The molecule has 1 saturated carbocycles. The largest absolute Gasteiger partial charge is 0.451 e. The van der Waals surface area contributed by atoms with E-state index in [1.807, 2.05) is 55.5 Å². The number of urea groups is 1. The molecule has 154 valence electrons. The lowest BCUT2D eigenvalue weighted by molar-refractivity contribution is -0.151. The number of amides is 3. The Bertz CT molecular complexity index is 1000. The topological polar surface area (TPSA) is 75.7 Å². The molecule has 1 heterocycles. The van der Waals surface area contributed by atoms with Crippen LogP contribution in [-0.4, -0.2) is 34.9 Å². The first kappa shape index (κ1) is 18.9. The molecule has 2 aliphatic carbocycles. The lowest BCUT2D eigenvalue weighted by atomic mass is 9.73. The van der Waals surface area contributed by atoms with Crippen molar-refractivity contribution in [1.82, 2.24) is 10.2 Å². The number of carbonyl (C=O) groups is 3. The fourth-order valence-corrected chi connectivity index (χ4v) is 5.17. The molecule has 0 aromatic heterocycles. The Morgan fingerprint density at radius 1 is 1.07 bits per heavy atom. The van der Waals surface area contributed by atoms with Crippen LogP contribution in [0.25, 0.3) is 11.1 Å². The zero-order chi connectivity index (χ0) is 20.9. The highest BCUT2D eigenvalue weighted by Gasteiger charge is 2.55. The van der Waals surface area contributed by atoms with Gasteiger partial charge in [-0.2, -0.15) is 0 Å². The summed E-state index contributed by atoms with van der Waals surface area (Å²) < 4.78 is 5.81. The summed E-state index contributed by atoms with van der Waals surface area (Å²) in [5.74, 6) is -0.836. The number of nitrogens with zero attached hydrogens (tertiary/aromatic N) is 1. The zero-order valence-electron chi connectivity index (χ0n) is 16.9. The van der Waals surface area contributed by atoms with Gasteiger partial charge in [-0.15, -0.1) is 0 Å². The van der Waals surface area contributed by atoms with Crippen molar-refractivity contribution >= 4 is 17.9 Å². The van der Waals surface area contributed by atoms with Gasteiger partial charge in [-0.05, 0) is 29.9 Å². The van der Waals surface area contributed by atoms with E-state index in [-0.39, 0.29) is 18.4 Å². The van der Waals surface area contributed by atoms with Crippen LogP contribution in [0.1, 0.15) is 49.8 Å². The Morgan fingerprint density at radius 3 is 2.33 bits per heavy atom. The minimum absolute atomic E-state index is 0.0531. The molecular weight excluding hydrogens is 380 g/mol. The van der Waals surface area contributed by atoms with Crippen molar-refractivity contribution in [3.63, 3.8) is 0 Å². The number of benzene rings is 2. The Labute approximate surface area is 175 Å². The zero-order valence-corrected chi connectivity index (χ0v) is 16.9. The van der Waals surface area contributed by atoms with Crippen molar-refractivity contribution in [3.05, 3.63) is 59.7 Å². The maximum Gasteiger partial charge on any atom is 0.327 e. The highest BCUT2D eigenvalue weighted by atomic mass is 16.5. The highest BCUT2D eigenvalue weighted by Crippen LogP contribution is 2.45. The summed E-state index contributed by atoms with van der Waals surface area (Å²) in [4.78, 5) is 39.5. The van der Waals surface area contributed by atoms with Crippen LogP contribution in [0.3, 0.4) is 0 Å². The minimum atomic E-state index is -0.873. The van der Waals surface area contributed by atoms with Crippen LogP contribution in [-0.2, 0) is 14.3 Å². The summed E-state index contributed by atoms with van der Waals surface area (Å²) in [7, 11) is 0. The van der Waals surface area contributed by atoms with E-state index in [1.54, 1.807) is 0 Å². The van der Waals surface area contributed by atoms with Crippen LogP contribution in [0.5, 0.6) is 0 Å². The lowest BCUT2D eigenvalue weighted by Crippen LogP contribution is -2.54. The van der Waals surface area contributed by atoms with Crippen LogP contribution < -0.4 is 5.32 Å². The molecule has 6 nitrogen and oxygen atoms in total. The molecule has 30 heavy (non-hydrogen) atoms. The number of hydrogen-bond acceptors (Lipinski definition) is 4. The normalized spacial score (nSPS) is 25.2. The summed E-state index contributed by atoms with van der Waals surface area (Å²) in [5.41, 5.74) is 3.04. The van der Waals surface area contributed by atoms with Gasteiger partial charge in [0.25, 0.3) is 5.91 Å². The molecule has 3 aliphatic rings. The minimum Gasteiger partial charge on any atom is -0.451 e. The molecule has 6 heteroatoms. The van der Waals surface area contributed by atoms with Gasteiger partial charge in [-0.1, -0.05) is 68.3 Å². The second-order valence-electron chi connectivity index (χ2n) is 8.48. The fraction of sp³-hybridized carbons (Fsp3) is 0.375. The summed E-state index contributed by atoms with van der Waals surface area (Å²) in [5, 5.41) is 2.88. The summed E-state index contributed by atoms with van der Waals surface area (Å²) >= 11 is 0. The smallest absolute Gasteiger partial charge is 0.327 e. The summed E-state index contributed by atoms with van der Waals surface area (Å²) in [6, 6.07) is 15.1. The number of rotatable bonds is 3. The van der Waals surface area contributed by atoms with Gasteiger partial charge in [0.1, 0.15) is 12.1 Å². The van der Waals surface area contributed by atoms with Crippen molar-refractivity contribution in [1.29, 1.82) is 0 Å². The van der Waals surface area contributed by atoms with E-state index < -0.39 is 23.6 Å². The molecule has 2 aromatic rings. The standard InChI is InChI=1S/C24H24N2O4/c1-15-8-6-7-13-24(15)22(28)26(23(29)25-24)14-20(27)30-21-18-11-4-2-9-16(18)17-10-3-5-12-19(17)21/h2-5,9-12,15,21H,6-8,13-14H2,1H3,(H,25,29)/t15-,24+/m1/s1. The first-order valence-electron chi connectivity index (χ1n) is 10.5. The van der Waals surface area contributed by atoms with E-state index in [2.05, 4.69) is 5.32 Å². The highest BCUT2D eigenvalue weighted by molar-refractivity contribution is 6.09. The van der Waals surface area contributed by atoms with E-state index >= 15 is 0 Å². The first-order valence-corrected chi connectivity index (χ1v) is 10.5. The molecular formula is C24H24N2O4. The number of hydrogen-bond donors (Lipinski definition) is 1. The third-order valence-electron chi connectivity index (χ3n) is 6.81. The first-order chi connectivity index (χ1) is 14.5. The van der Waals surface area contributed by atoms with Crippen molar-refractivity contribution in [2.75, 3.05) is 6.54 Å². The van der Waals surface area contributed by atoms with Gasteiger partial charge in [0, 0.05) is 11.1 Å². The van der Waals surface area contributed by atoms with E-state index in [4.69, 9.17) is 4.74 Å². The Hall–Kier alpha value is -3.15. The number of imide groups is 1. The number of esters is 1. The molecule has 1 saturated heterocycles. The van der Waals surface area contributed by atoms with Gasteiger partial charge < -0.3 is 10.1 Å². The van der Waals surface area contributed by atoms with Gasteiger partial charge in [-0.25, -0.2) is 4.79 Å². The number of carbonyl (C=O) groups excluding carboxylic acids is 3. The fourth-order valence-electron chi connectivity index (χ4n) is 5.17. The number of ether oxygens (including phenoxy) is 1. The molecule has 2 atom stereocenters. The molecule has 2 fully saturated rings. The van der Waals surface area contributed by atoms with Crippen molar-refractivity contribution in [2.24, 2.45) is 5.92 Å². The van der Waals surface area contributed by atoms with Crippen LogP contribution in [0.2, 0.25) is 0 Å². The number of nitrogens with one attached hydrogen (secondary N) is 1. The van der Waals surface area contributed by atoms with Gasteiger partial charge in [0.15, 0.2) is 6.10 Å². The Kier molecular flexibility index (Phi) is 4.38. The molecule has 1 N–H and O–H groups in total. The number of fused-ring (bicyclic) bond motifs is 3. The van der Waals surface area contributed by atoms with Crippen LogP contribution in [0.15, 0.2) is 48.5 Å². The third kappa shape index (κ3) is 2.74. The van der Waals surface area contributed by atoms with Crippen LogP contribution in [0.4, 0.5) is 4.79 Å². The third-order valence-corrected chi connectivity index (χ3v) is 6.81. The van der Waals surface area contributed by atoms with E-state index in [0.29, 0.717) is 6.42 Å². The monoisotopic (exact) mass is 404 g/mol. The molecule has 3 amide bonds. The van der Waals surface area contributed by atoms with Gasteiger partial charge in [0.05, 0.1) is 0 Å². The maximum absolute atomic E-state index is 13.1. The van der Waals surface area contributed by atoms with Crippen LogP contribution in [0, 0.1) is 5.92 Å². The lowest BCUT2D eigenvalue weighted by Gasteiger charge is -2.36. The van der Waals surface area contributed by atoms with Crippen molar-refractivity contribution in [2.45, 2.75) is 44.2 Å². The van der Waals surface area contributed by atoms with Crippen molar-refractivity contribution < 1.29 is 19.1 Å². The van der Waals surface area contributed by atoms with E-state index in [9.17, 15) is 14.4 Å². The molecule has 1 spiro atoms. The van der Waals surface area contributed by atoms with Gasteiger partial charge in [0.2, 0.25) is 0 Å². The quantitative estimate of drug-likeness (QED) is 0.624. The summed E-state index contributed by atoms with van der Waals surface area (Å²) in [6.07, 6.45) is 2.92. The van der Waals surface area contributed by atoms with Gasteiger partial charge in [-0.3, -0.25) is 14.5 Å². The summed E-state index contributed by atoms with van der Waals surface area (Å²) in [6.45, 7) is 1.62. The average molecular weight is 404 g/mol. The van der Waals surface area contributed by atoms with E-state index in [1.165, 1.54) is 0 Å². The molecule has 0 radical (unpaired) electrons. The Morgan fingerprint density at radius 2 is 1.70 bits per heavy atom. The molecule has 1 aliphatic heterocycles. The van der Waals surface area contributed by atoms with Crippen molar-refractivity contribution in [3.8, 4) is 11.1 Å². The predicted molar refractivity (Wildman–Crippen MR) is 110 cm³/mol.